The number of carbonyl (C=O) groups is 1. The topological polar surface area (TPSA) is 74.8 Å². The highest BCUT2D eigenvalue weighted by atomic mass is 32.1. The molecule has 24 heavy (non-hydrogen) atoms. The molecule has 0 saturated carbocycles. The molecule has 0 aliphatic heterocycles. The number of benzene rings is 1. The quantitative estimate of drug-likeness (QED) is 0.767. The average molecular weight is 339 g/mol. The first-order valence-electron chi connectivity index (χ1n) is 8.09. The predicted octanol–water partition coefficient (Wildman–Crippen LogP) is 2.45. The second-order valence-electron chi connectivity index (χ2n) is 5.94. The van der Waals surface area contributed by atoms with Gasteiger partial charge in [-0.3, -0.25) is 9.59 Å². The molecule has 1 aliphatic carbocycles. The number of rotatable bonds is 4. The first-order chi connectivity index (χ1) is 11.7. The van der Waals surface area contributed by atoms with Crippen molar-refractivity contribution >= 4 is 27.5 Å². The van der Waals surface area contributed by atoms with Gasteiger partial charge in [0.2, 0.25) is 5.82 Å². The van der Waals surface area contributed by atoms with Crippen LogP contribution in [0.2, 0.25) is 0 Å². The lowest BCUT2D eigenvalue weighted by Crippen LogP contribution is -2.29. The summed E-state index contributed by atoms with van der Waals surface area (Å²) in [4.78, 5) is 33.6. The second kappa shape index (κ2) is 6.20. The summed E-state index contributed by atoms with van der Waals surface area (Å²) >= 11 is 1.54. The third-order valence-corrected chi connectivity index (χ3v) is 5.52. The van der Waals surface area contributed by atoms with Crippen LogP contribution in [0.4, 0.5) is 0 Å². The van der Waals surface area contributed by atoms with Crippen molar-refractivity contribution in [2.75, 3.05) is 6.54 Å². The summed E-state index contributed by atoms with van der Waals surface area (Å²) in [6.45, 7) is 0.505. The van der Waals surface area contributed by atoms with Gasteiger partial charge in [-0.05, 0) is 36.8 Å². The molecule has 0 unspecified atom stereocenters. The normalized spacial score (nSPS) is 13.2. The first kappa shape index (κ1) is 15.1. The third-order valence-electron chi connectivity index (χ3n) is 4.33. The van der Waals surface area contributed by atoms with Gasteiger partial charge in [0.15, 0.2) is 0 Å². The van der Waals surface area contributed by atoms with Gasteiger partial charge in [0.1, 0.15) is 4.83 Å². The van der Waals surface area contributed by atoms with Gasteiger partial charge in [-0.25, -0.2) is 4.98 Å². The zero-order valence-electron chi connectivity index (χ0n) is 13.1. The van der Waals surface area contributed by atoms with Crippen molar-refractivity contribution < 1.29 is 4.79 Å². The molecule has 1 aromatic carbocycles. The van der Waals surface area contributed by atoms with E-state index in [1.54, 1.807) is 11.3 Å². The monoisotopic (exact) mass is 339 g/mol. The lowest BCUT2D eigenvalue weighted by molar-refractivity contribution is 0.0944. The van der Waals surface area contributed by atoms with E-state index in [1.807, 2.05) is 30.3 Å². The molecule has 122 valence electrons. The number of aromatic nitrogens is 2. The Labute approximate surface area is 142 Å². The molecule has 5 nitrogen and oxygen atoms in total. The Kier molecular flexibility index (Phi) is 3.90. The SMILES string of the molecule is O=C(NCCc1ccccc1)c1nc2sc3c(c2c(=O)[nH]1)CCC3. The Hall–Kier alpha value is -2.47. The molecule has 1 amide bonds. The van der Waals surface area contributed by atoms with Gasteiger partial charge in [-0.2, -0.15) is 0 Å². The Morgan fingerprint density at radius 2 is 2.08 bits per heavy atom. The van der Waals surface area contributed by atoms with E-state index in [9.17, 15) is 9.59 Å². The van der Waals surface area contributed by atoms with E-state index in [1.165, 1.54) is 4.88 Å². The number of nitrogens with one attached hydrogen (secondary N) is 2. The fourth-order valence-corrected chi connectivity index (χ4v) is 4.42. The summed E-state index contributed by atoms with van der Waals surface area (Å²) < 4.78 is 0. The summed E-state index contributed by atoms with van der Waals surface area (Å²) in [5.41, 5.74) is 2.08. The van der Waals surface area contributed by atoms with E-state index in [0.717, 1.165) is 36.8 Å². The summed E-state index contributed by atoms with van der Waals surface area (Å²) in [7, 11) is 0. The highest BCUT2D eigenvalue weighted by molar-refractivity contribution is 7.18. The van der Waals surface area contributed by atoms with Crippen molar-refractivity contribution in [1.29, 1.82) is 0 Å². The summed E-state index contributed by atoms with van der Waals surface area (Å²) in [6, 6.07) is 9.95. The van der Waals surface area contributed by atoms with Crippen LogP contribution in [0.5, 0.6) is 0 Å². The van der Waals surface area contributed by atoms with Crippen LogP contribution in [0.3, 0.4) is 0 Å². The zero-order chi connectivity index (χ0) is 16.5. The van der Waals surface area contributed by atoms with E-state index in [0.29, 0.717) is 16.8 Å². The predicted molar refractivity (Wildman–Crippen MR) is 94.7 cm³/mol. The molecule has 3 aromatic rings. The van der Waals surface area contributed by atoms with E-state index in [4.69, 9.17) is 0 Å². The fraction of sp³-hybridized carbons (Fsp3) is 0.278. The molecule has 1 aliphatic rings. The summed E-state index contributed by atoms with van der Waals surface area (Å²) in [6.07, 6.45) is 3.78. The number of carbonyl (C=O) groups excluding carboxylic acids is 1. The number of fused-ring (bicyclic) bond motifs is 3. The molecular formula is C18H17N3O2S. The van der Waals surface area contributed by atoms with Gasteiger partial charge in [0, 0.05) is 11.4 Å². The van der Waals surface area contributed by atoms with E-state index < -0.39 is 0 Å². The Balaban J connectivity index is 1.51. The minimum absolute atomic E-state index is 0.0977. The van der Waals surface area contributed by atoms with Gasteiger partial charge in [0.25, 0.3) is 11.5 Å². The minimum atomic E-state index is -0.335. The molecule has 0 bridgehead atoms. The molecule has 2 N–H and O–H groups in total. The van der Waals surface area contributed by atoms with Crippen LogP contribution in [0.25, 0.3) is 10.2 Å². The fourth-order valence-electron chi connectivity index (χ4n) is 3.16. The number of hydrogen-bond donors (Lipinski definition) is 2. The Bertz CT molecular complexity index is 960. The Morgan fingerprint density at radius 1 is 1.25 bits per heavy atom. The number of H-pyrrole nitrogens is 1. The summed E-state index contributed by atoms with van der Waals surface area (Å²) in [5.74, 6) is -0.237. The number of thiophene rings is 1. The summed E-state index contributed by atoms with van der Waals surface area (Å²) in [5, 5.41) is 3.50. The number of amides is 1. The van der Waals surface area contributed by atoms with Crippen LogP contribution < -0.4 is 10.9 Å². The maximum Gasteiger partial charge on any atom is 0.287 e. The third kappa shape index (κ3) is 2.73. The Morgan fingerprint density at radius 3 is 2.92 bits per heavy atom. The second-order valence-corrected chi connectivity index (χ2v) is 7.03. The molecule has 0 saturated heterocycles. The number of aryl methyl sites for hydroxylation is 2. The molecule has 2 heterocycles. The molecule has 0 radical (unpaired) electrons. The lowest BCUT2D eigenvalue weighted by Gasteiger charge is -2.05. The van der Waals surface area contributed by atoms with Crippen LogP contribution in [0, 0.1) is 0 Å². The van der Waals surface area contributed by atoms with Crippen LogP contribution in [-0.2, 0) is 19.3 Å². The highest BCUT2D eigenvalue weighted by Crippen LogP contribution is 2.34. The number of hydrogen-bond acceptors (Lipinski definition) is 4. The van der Waals surface area contributed by atoms with Crippen molar-refractivity contribution in [1.82, 2.24) is 15.3 Å². The highest BCUT2D eigenvalue weighted by Gasteiger charge is 2.22. The average Bonchev–Trinajstić information content (AvgIpc) is 3.16. The standard InChI is InChI=1S/C18H17N3O2S/c22-16-14-12-7-4-8-13(12)24-18(14)21-15(20-16)17(23)19-10-9-11-5-2-1-3-6-11/h1-3,5-6H,4,7-10H2,(H,19,23)(H,20,21,22). The van der Waals surface area contributed by atoms with E-state index in [2.05, 4.69) is 15.3 Å². The number of nitrogens with zero attached hydrogens (tertiary/aromatic N) is 1. The smallest absolute Gasteiger partial charge is 0.287 e. The van der Waals surface area contributed by atoms with Gasteiger partial charge in [0.05, 0.1) is 5.39 Å². The maximum atomic E-state index is 12.4. The molecule has 6 heteroatoms. The van der Waals surface area contributed by atoms with Gasteiger partial charge in [-0.1, -0.05) is 30.3 Å². The van der Waals surface area contributed by atoms with Crippen LogP contribution in [-0.4, -0.2) is 22.4 Å². The molecule has 0 atom stereocenters. The lowest BCUT2D eigenvalue weighted by atomic mass is 10.1. The van der Waals surface area contributed by atoms with Gasteiger partial charge < -0.3 is 10.3 Å². The van der Waals surface area contributed by atoms with Crippen molar-refractivity contribution in [3.05, 3.63) is 62.5 Å². The minimum Gasteiger partial charge on any atom is -0.349 e. The van der Waals surface area contributed by atoms with Gasteiger partial charge >= 0.3 is 0 Å². The van der Waals surface area contributed by atoms with E-state index in [-0.39, 0.29) is 17.3 Å². The largest absolute Gasteiger partial charge is 0.349 e. The van der Waals surface area contributed by atoms with Crippen LogP contribution in [0.15, 0.2) is 35.1 Å². The van der Waals surface area contributed by atoms with Crippen LogP contribution in [0.1, 0.15) is 33.0 Å². The van der Waals surface area contributed by atoms with Gasteiger partial charge in [-0.15, -0.1) is 11.3 Å². The van der Waals surface area contributed by atoms with E-state index >= 15 is 0 Å². The molecular weight excluding hydrogens is 322 g/mol. The molecule has 2 aromatic heterocycles. The molecule has 0 spiro atoms. The maximum absolute atomic E-state index is 12.4. The first-order valence-corrected chi connectivity index (χ1v) is 8.91. The van der Waals surface area contributed by atoms with Crippen molar-refractivity contribution in [2.24, 2.45) is 0 Å². The van der Waals surface area contributed by atoms with Crippen molar-refractivity contribution in [3.8, 4) is 0 Å². The number of aromatic amines is 1. The molecule has 0 fully saturated rings. The molecule has 4 rings (SSSR count). The van der Waals surface area contributed by atoms with Crippen molar-refractivity contribution in [3.63, 3.8) is 0 Å². The van der Waals surface area contributed by atoms with Crippen molar-refractivity contribution in [2.45, 2.75) is 25.7 Å². The van der Waals surface area contributed by atoms with Crippen LogP contribution >= 0.6 is 11.3 Å². The zero-order valence-corrected chi connectivity index (χ0v) is 13.9.